The van der Waals surface area contributed by atoms with Gasteiger partial charge < -0.3 is 9.80 Å². The van der Waals surface area contributed by atoms with Gasteiger partial charge >= 0.3 is 0 Å². The van der Waals surface area contributed by atoms with E-state index in [1.54, 1.807) is 19.2 Å². The molecule has 234 valence electrons. The molecule has 0 amide bonds. The molecule has 2 aromatic rings. The molecule has 2 aromatic carbocycles. The zero-order valence-electron chi connectivity index (χ0n) is 25.7. The largest absolute Gasteiger partial charge is 0.371 e. The van der Waals surface area contributed by atoms with Crippen LogP contribution in [0.3, 0.4) is 0 Å². The van der Waals surface area contributed by atoms with Crippen molar-refractivity contribution in [3.05, 3.63) is 60.2 Å². The average Bonchev–Trinajstić information content (AvgIpc) is 3.84. The second kappa shape index (κ2) is 12.9. The van der Waals surface area contributed by atoms with Gasteiger partial charge in [-0.05, 0) is 87.4 Å². The molecule has 43 heavy (non-hydrogen) atoms. The van der Waals surface area contributed by atoms with Gasteiger partial charge in [-0.25, -0.2) is 21.1 Å². The lowest BCUT2D eigenvalue weighted by molar-refractivity contribution is 0.112. The summed E-state index contributed by atoms with van der Waals surface area (Å²) in [5, 5.41) is 10.6. The second-order valence-electron chi connectivity index (χ2n) is 13.0. The predicted molar refractivity (Wildman–Crippen MR) is 171 cm³/mol. The molecule has 3 fully saturated rings. The Bertz CT molecular complexity index is 1490. The third kappa shape index (κ3) is 6.95. The number of anilines is 1. The van der Waals surface area contributed by atoms with Crippen molar-refractivity contribution < 1.29 is 16.8 Å². The van der Waals surface area contributed by atoms with Gasteiger partial charge in [0, 0.05) is 44.3 Å². The fourth-order valence-electron chi connectivity index (χ4n) is 7.13. The van der Waals surface area contributed by atoms with Crippen LogP contribution in [0.25, 0.3) is 0 Å². The van der Waals surface area contributed by atoms with Crippen molar-refractivity contribution in [3.63, 3.8) is 0 Å². The van der Waals surface area contributed by atoms with Gasteiger partial charge in [0.15, 0.2) is 9.84 Å². The van der Waals surface area contributed by atoms with E-state index in [1.165, 1.54) is 10.6 Å². The van der Waals surface area contributed by atoms with Crippen LogP contribution in [0.2, 0.25) is 0 Å². The van der Waals surface area contributed by atoms with Gasteiger partial charge in [-0.1, -0.05) is 43.7 Å². The maximum absolute atomic E-state index is 12.5. The van der Waals surface area contributed by atoms with Gasteiger partial charge in [-0.2, -0.15) is 5.26 Å². The molecule has 0 N–H and O–H groups in total. The lowest BCUT2D eigenvalue weighted by atomic mass is 9.64. The van der Waals surface area contributed by atoms with Crippen LogP contribution in [0.5, 0.6) is 0 Å². The molecular weight excluding hydrogens is 581 g/mol. The normalized spacial score (nSPS) is 21.2. The Kier molecular flexibility index (Phi) is 9.57. The summed E-state index contributed by atoms with van der Waals surface area (Å²) in [6.45, 7) is 6.83. The van der Waals surface area contributed by atoms with E-state index >= 15 is 0 Å². The molecule has 2 saturated heterocycles. The van der Waals surface area contributed by atoms with E-state index in [-0.39, 0.29) is 17.2 Å². The molecule has 0 aromatic heterocycles. The zero-order chi connectivity index (χ0) is 30.8. The van der Waals surface area contributed by atoms with Crippen LogP contribution >= 0.6 is 0 Å². The Morgan fingerprint density at radius 1 is 0.977 bits per heavy atom. The number of nitriles is 1. The number of sulfonamides is 1. The van der Waals surface area contributed by atoms with E-state index in [4.69, 9.17) is 0 Å². The van der Waals surface area contributed by atoms with Crippen LogP contribution in [0.15, 0.2) is 59.5 Å². The topological polar surface area (TPSA) is 102 Å². The summed E-state index contributed by atoms with van der Waals surface area (Å²) in [5.41, 5.74) is 1.31. The predicted octanol–water partition coefficient (Wildman–Crippen LogP) is 4.68. The average molecular weight is 627 g/mol. The summed E-state index contributed by atoms with van der Waals surface area (Å²) in [7, 11) is -4.89. The Balaban J connectivity index is 1.20. The van der Waals surface area contributed by atoms with Crippen LogP contribution < -0.4 is 4.90 Å². The first-order valence-corrected chi connectivity index (χ1v) is 19.1. The van der Waals surface area contributed by atoms with E-state index in [0.29, 0.717) is 17.2 Å². The van der Waals surface area contributed by atoms with Gasteiger partial charge in [0.2, 0.25) is 10.0 Å². The lowest BCUT2D eigenvalue weighted by Crippen LogP contribution is -2.53. The monoisotopic (exact) mass is 626 g/mol. The summed E-state index contributed by atoms with van der Waals surface area (Å²) in [6, 6.07) is 19.9. The smallest absolute Gasteiger partial charge is 0.211 e. The van der Waals surface area contributed by atoms with Gasteiger partial charge in [-0.15, -0.1) is 0 Å². The molecule has 2 heterocycles. The van der Waals surface area contributed by atoms with Crippen molar-refractivity contribution in [2.75, 3.05) is 50.9 Å². The quantitative estimate of drug-likeness (QED) is 0.318. The molecular formula is C33H46N4O4S2. The Morgan fingerprint density at radius 3 is 2.14 bits per heavy atom. The first-order valence-electron chi connectivity index (χ1n) is 15.7. The van der Waals surface area contributed by atoms with Crippen molar-refractivity contribution >= 4 is 25.5 Å². The van der Waals surface area contributed by atoms with Gasteiger partial charge in [0.05, 0.1) is 27.9 Å². The Hall–Kier alpha value is -2.45. The minimum atomic E-state index is -3.39. The number of piperidine rings is 1. The molecule has 3 aliphatic rings. The van der Waals surface area contributed by atoms with E-state index in [2.05, 4.69) is 22.8 Å². The van der Waals surface area contributed by atoms with Gasteiger partial charge in [0.25, 0.3) is 0 Å². The molecule has 2 aliphatic heterocycles. The number of benzene rings is 2. The summed E-state index contributed by atoms with van der Waals surface area (Å²) in [6.07, 6.45) is 6.66. The number of sulfone groups is 1. The number of hydrogen-bond acceptors (Lipinski definition) is 7. The summed E-state index contributed by atoms with van der Waals surface area (Å²) in [5.74, 6) is 0.699. The molecule has 0 spiro atoms. The molecule has 8 nitrogen and oxygen atoms in total. The minimum absolute atomic E-state index is 0.145. The molecule has 10 heteroatoms. The van der Waals surface area contributed by atoms with Crippen molar-refractivity contribution in [1.29, 1.82) is 5.26 Å². The first-order chi connectivity index (χ1) is 20.5. The molecule has 1 saturated carbocycles. The van der Waals surface area contributed by atoms with Gasteiger partial charge in [0.1, 0.15) is 0 Å². The summed E-state index contributed by atoms with van der Waals surface area (Å²) < 4.78 is 51.5. The van der Waals surface area contributed by atoms with Crippen LogP contribution in [-0.2, 0) is 25.3 Å². The van der Waals surface area contributed by atoms with Crippen molar-refractivity contribution in [3.8, 4) is 6.07 Å². The SMILES string of the molecule is CCC[C@@H](CC(C#N)(c1ccccc1)C1CCN(CC2CN(c3ccc(S(=O)(=O)C4CC4)cc3)C2)CC1)N(C)S(C)(=O)=O. The third-order valence-electron chi connectivity index (χ3n) is 9.96. The molecule has 2 atom stereocenters. The van der Waals surface area contributed by atoms with E-state index in [9.17, 15) is 22.1 Å². The Labute approximate surface area is 258 Å². The number of nitrogens with zero attached hydrogens (tertiary/aromatic N) is 4. The highest BCUT2D eigenvalue weighted by atomic mass is 32.2. The fraction of sp³-hybridized carbons (Fsp3) is 0.606. The maximum atomic E-state index is 12.5. The summed E-state index contributed by atoms with van der Waals surface area (Å²) in [4.78, 5) is 5.27. The summed E-state index contributed by atoms with van der Waals surface area (Å²) >= 11 is 0. The third-order valence-corrected chi connectivity index (χ3v) is 13.6. The van der Waals surface area contributed by atoms with Gasteiger partial charge in [-0.3, -0.25) is 0 Å². The molecule has 0 bridgehead atoms. The maximum Gasteiger partial charge on any atom is 0.211 e. The standard InChI is InChI=1S/C33H46N4O4S2/c1-4-8-30(35(2)42(3,38)39)21-33(25-34,27-9-6-5-7-10-27)28-17-19-36(20-18-28)22-26-23-37(24-26)29-11-13-31(14-12-29)43(40,41)32-15-16-32/h5-7,9-14,26,28,30,32H,4,8,15-24H2,1-3H3/t30-,33?/m0/s1. The van der Waals surface area contributed by atoms with Crippen molar-refractivity contribution in [2.45, 2.75) is 73.5 Å². The highest BCUT2D eigenvalue weighted by molar-refractivity contribution is 7.92. The van der Waals surface area contributed by atoms with E-state index in [1.807, 2.05) is 42.5 Å². The second-order valence-corrected chi connectivity index (χ2v) is 17.2. The fourth-order valence-corrected chi connectivity index (χ4v) is 9.51. The van der Waals surface area contributed by atoms with Crippen molar-refractivity contribution in [2.24, 2.45) is 11.8 Å². The molecule has 0 radical (unpaired) electrons. The highest BCUT2D eigenvalue weighted by Gasteiger charge is 2.45. The first kappa shape index (κ1) is 32.0. The highest BCUT2D eigenvalue weighted by Crippen LogP contribution is 2.44. The number of rotatable bonds is 13. The number of likely N-dealkylation sites (tertiary alicyclic amines) is 1. The lowest BCUT2D eigenvalue weighted by Gasteiger charge is -2.46. The number of hydrogen-bond donors (Lipinski definition) is 0. The van der Waals surface area contributed by atoms with E-state index < -0.39 is 25.3 Å². The molecule has 5 rings (SSSR count). The molecule has 1 aliphatic carbocycles. The van der Waals surface area contributed by atoms with E-state index in [0.717, 1.165) is 82.5 Å². The van der Waals surface area contributed by atoms with Crippen LogP contribution in [0, 0.1) is 23.2 Å². The van der Waals surface area contributed by atoms with Crippen LogP contribution in [0.1, 0.15) is 57.4 Å². The van der Waals surface area contributed by atoms with Crippen LogP contribution in [-0.4, -0.2) is 83.4 Å². The van der Waals surface area contributed by atoms with Crippen LogP contribution in [0.4, 0.5) is 5.69 Å². The molecule has 1 unspecified atom stereocenters. The van der Waals surface area contributed by atoms with Crippen molar-refractivity contribution in [1.82, 2.24) is 9.21 Å². The zero-order valence-corrected chi connectivity index (χ0v) is 27.4. The minimum Gasteiger partial charge on any atom is -0.371 e. The Morgan fingerprint density at radius 2 is 1.60 bits per heavy atom.